The van der Waals surface area contributed by atoms with Gasteiger partial charge in [-0.2, -0.15) is 13.2 Å². The summed E-state index contributed by atoms with van der Waals surface area (Å²) >= 11 is 5.88. The number of carbonyl (C=O) groups excluding carboxylic acids is 1. The molecule has 2 rings (SSSR count). The van der Waals surface area contributed by atoms with Crippen LogP contribution in [0.3, 0.4) is 0 Å². The van der Waals surface area contributed by atoms with E-state index >= 15 is 0 Å². The lowest BCUT2D eigenvalue weighted by atomic mass is 10.1. The second-order valence-electron chi connectivity index (χ2n) is 5.88. The predicted octanol–water partition coefficient (Wildman–Crippen LogP) is 5.07. The summed E-state index contributed by atoms with van der Waals surface area (Å²) in [5.41, 5.74) is -0.140. The van der Waals surface area contributed by atoms with Crippen LogP contribution in [0.2, 0.25) is 5.02 Å². The molecule has 4 nitrogen and oxygen atoms in total. The average molecular weight is 372 g/mol. The third kappa shape index (κ3) is 5.35. The number of alkyl halides is 3. The van der Waals surface area contributed by atoms with Gasteiger partial charge in [0.1, 0.15) is 0 Å². The van der Waals surface area contributed by atoms with Gasteiger partial charge in [-0.15, -0.1) is 0 Å². The highest BCUT2D eigenvalue weighted by Gasteiger charge is 2.31. The summed E-state index contributed by atoms with van der Waals surface area (Å²) in [7, 11) is 0. The van der Waals surface area contributed by atoms with Gasteiger partial charge in [-0.25, -0.2) is 0 Å². The molecule has 1 heterocycles. The molecule has 0 aliphatic heterocycles. The number of anilines is 2. The first-order valence-electron chi connectivity index (χ1n) is 7.54. The van der Waals surface area contributed by atoms with Crippen LogP contribution in [0.5, 0.6) is 0 Å². The molecule has 1 aromatic heterocycles. The number of nitrogens with one attached hydrogen (secondary N) is 2. The van der Waals surface area contributed by atoms with E-state index in [2.05, 4.69) is 15.6 Å². The molecule has 25 heavy (non-hydrogen) atoms. The van der Waals surface area contributed by atoms with Gasteiger partial charge in [0.2, 0.25) is 0 Å². The SMILES string of the molecule is CC(C)CNc1cncc(C(=O)Nc2cc(C(F)(F)F)ccc2Cl)c1. The number of aromatic nitrogens is 1. The molecule has 2 aromatic rings. The third-order valence-electron chi connectivity index (χ3n) is 3.26. The van der Waals surface area contributed by atoms with Crippen molar-refractivity contribution in [2.45, 2.75) is 20.0 Å². The van der Waals surface area contributed by atoms with Crippen LogP contribution in [0.25, 0.3) is 0 Å². The summed E-state index contributed by atoms with van der Waals surface area (Å²) in [6.45, 7) is 4.77. The molecular formula is C17H17ClF3N3O. The van der Waals surface area contributed by atoms with Gasteiger partial charge >= 0.3 is 6.18 Å². The number of nitrogens with zero attached hydrogens (tertiary/aromatic N) is 1. The number of pyridine rings is 1. The number of hydrogen-bond acceptors (Lipinski definition) is 3. The van der Waals surface area contributed by atoms with Crippen molar-refractivity contribution in [2.24, 2.45) is 5.92 Å². The van der Waals surface area contributed by atoms with E-state index in [1.807, 2.05) is 13.8 Å². The van der Waals surface area contributed by atoms with E-state index in [0.717, 1.165) is 18.2 Å². The Morgan fingerprint density at radius 1 is 1.24 bits per heavy atom. The van der Waals surface area contributed by atoms with E-state index in [-0.39, 0.29) is 16.3 Å². The molecule has 134 valence electrons. The molecule has 1 amide bonds. The zero-order valence-electron chi connectivity index (χ0n) is 13.6. The van der Waals surface area contributed by atoms with E-state index in [4.69, 9.17) is 11.6 Å². The maximum Gasteiger partial charge on any atom is 0.416 e. The van der Waals surface area contributed by atoms with Crippen molar-refractivity contribution < 1.29 is 18.0 Å². The van der Waals surface area contributed by atoms with Gasteiger partial charge in [-0.05, 0) is 30.2 Å². The Hall–Kier alpha value is -2.28. The van der Waals surface area contributed by atoms with Gasteiger partial charge < -0.3 is 10.6 Å². The number of hydrogen-bond donors (Lipinski definition) is 2. The first kappa shape index (κ1) is 19.1. The zero-order valence-corrected chi connectivity index (χ0v) is 14.4. The summed E-state index contributed by atoms with van der Waals surface area (Å²) in [5, 5.41) is 5.54. The molecule has 0 atom stereocenters. The topological polar surface area (TPSA) is 54.0 Å². The number of rotatable bonds is 5. The third-order valence-corrected chi connectivity index (χ3v) is 3.59. The van der Waals surface area contributed by atoms with E-state index in [0.29, 0.717) is 18.2 Å². The lowest BCUT2D eigenvalue weighted by molar-refractivity contribution is -0.137. The summed E-state index contributed by atoms with van der Waals surface area (Å²) < 4.78 is 38.4. The van der Waals surface area contributed by atoms with Crippen molar-refractivity contribution in [3.05, 3.63) is 52.8 Å². The summed E-state index contributed by atoms with van der Waals surface area (Å²) in [4.78, 5) is 16.3. The molecule has 2 N–H and O–H groups in total. The number of halogens is 4. The van der Waals surface area contributed by atoms with Gasteiger partial charge in [-0.1, -0.05) is 25.4 Å². The van der Waals surface area contributed by atoms with Crippen molar-refractivity contribution in [1.82, 2.24) is 4.98 Å². The van der Waals surface area contributed by atoms with Crippen molar-refractivity contribution in [3.63, 3.8) is 0 Å². The Bertz CT molecular complexity index is 763. The monoisotopic (exact) mass is 371 g/mol. The quantitative estimate of drug-likeness (QED) is 0.771. The van der Waals surface area contributed by atoms with E-state index < -0.39 is 17.6 Å². The Morgan fingerprint density at radius 2 is 1.96 bits per heavy atom. The van der Waals surface area contributed by atoms with Crippen LogP contribution in [0, 0.1) is 5.92 Å². The normalized spacial score (nSPS) is 11.5. The lowest BCUT2D eigenvalue weighted by Gasteiger charge is -2.12. The fraction of sp³-hybridized carbons (Fsp3) is 0.294. The Labute approximate surface area is 148 Å². The largest absolute Gasteiger partial charge is 0.416 e. The second kappa shape index (κ2) is 7.74. The van der Waals surface area contributed by atoms with Crippen LogP contribution in [0.15, 0.2) is 36.7 Å². The first-order valence-corrected chi connectivity index (χ1v) is 7.91. The molecule has 1 aromatic carbocycles. The Morgan fingerprint density at radius 3 is 2.60 bits per heavy atom. The Kier molecular flexibility index (Phi) is 5.89. The minimum atomic E-state index is -4.52. The highest BCUT2D eigenvalue weighted by molar-refractivity contribution is 6.34. The van der Waals surface area contributed by atoms with Gasteiger partial charge in [0.05, 0.1) is 27.5 Å². The van der Waals surface area contributed by atoms with Gasteiger partial charge in [0, 0.05) is 18.9 Å². The molecule has 0 saturated carbocycles. The standard InChI is InChI=1S/C17H17ClF3N3O/c1-10(2)7-23-13-5-11(8-22-9-13)16(25)24-15-6-12(17(19,20)21)3-4-14(15)18/h3-6,8-10,23H,7H2,1-2H3,(H,24,25). The average Bonchev–Trinajstić information content (AvgIpc) is 2.54. The zero-order chi connectivity index (χ0) is 18.6. The number of amides is 1. The smallest absolute Gasteiger partial charge is 0.384 e. The molecule has 0 aliphatic carbocycles. The van der Waals surface area contributed by atoms with E-state index in [9.17, 15) is 18.0 Å². The van der Waals surface area contributed by atoms with Crippen LogP contribution < -0.4 is 10.6 Å². The van der Waals surface area contributed by atoms with Crippen LogP contribution in [-0.4, -0.2) is 17.4 Å². The first-order chi connectivity index (χ1) is 11.7. The highest BCUT2D eigenvalue weighted by Crippen LogP contribution is 2.34. The van der Waals surface area contributed by atoms with Gasteiger partial charge in [0.15, 0.2) is 0 Å². The molecule has 0 saturated heterocycles. The summed E-state index contributed by atoms with van der Waals surface area (Å²) in [6.07, 6.45) is -1.62. The van der Waals surface area contributed by atoms with E-state index in [1.165, 1.54) is 6.20 Å². The maximum atomic E-state index is 12.8. The van der Waals surface area contributed by atoms with Crippen LogP contribution in [-0.2, 0) is 6.18 Å². The van der Waals surface area contributed by atoms with Crippen LogP contribution in [0.4, 0.5) is 24.5 Å². The highest BCUT2D eigenvalue weighted by atomic mass is 35.5. The summed E-state index contributed by atoms with van der Waals surface area (Å²) in [5.74, 6) is -0.191. The number of benzene rings is 1. The predicted molar refractivity (Wildman–Crippen MR) is 92.0 cm³/mol. The molecule has 0 spiro atoms. The lowest BCUT2D eigenvalue weighted by Crippen LogP contribution is -2.15. The molecular weight excluding hydrogens is 355 g/mol. The fourth-order valence-corrected chi connectivity index (χ4v) is 2.14. The Balaban J connectivity index is 2.18. The van der Waals surface area contributed by atoms with Gasteiger partial charge in [0.25, 0.3) is 5.91 Å². The van der Waals surface area contributed by atoms with Crippen LogP contribution in [0.1, 0.15) is 29.8 Å². The summed E-state index contributed by atoms with van der Waals surface area (Å²) in [6, 6.07) is 4.33. The minimum absolute atomic E-state index is 0.0170. The van der Waals surface area contributed by atoms with Crippen molar-refractivity contribution in [2.75, 3.05) is 17.2 Å². The fourth-order valence-electron chi connectivity index (χ4n) is 1.97. The van der Waals surface area contributed by atoms with Crippen molar-refractivity contribution in [3.8, 4) is 0 Å². The second-order valence-corrected chi connectivity index (χ2v) is 6.29. The molecule has 0 bridgehead atoms. The molecule has 0 fully saturated rings. The maximum absolute atomic E-state index is 12.8. The van der Waals surface area contributed by atoms with Gasteiger partial charge in [-0.3, -0.25) is 9.78 Å². The molecule has 0 radical (unpaired) electrons. The molecule has 0 unspecified atom stereocenters. The minimum Gasteiger partial charge on any atom is -0.384 e. The van der Waals surface area contributed by atoms with Crippen LogP contribution >= 0.6 is 11.6 Å². The van der Waals surface area contributed by atoms with E-state index in [1.54, 1.807) is 12.3 Å². The van der Waals surface area contributed by atoms with Crippen molar-refractivity contribution >= 4 is 28.9 Å². The van der Waals surface area contributed by atoms with Crippen molar-refractivity contribution in [1.29, 1.82) is 0 Å². The number of carbonyl (C=O) groups is 1. The molecule has 8 heteroatoms. The molecule has 0 aliphatic rings.